The van der Waals surface area contributed by atoms with Gasteiger partial charge >= 0.3 is 0 Å². The molecule has 0 unspecified atom stereocenters. The Morgan fingerprint density at radius 2 is 1.73 bits per heavy atom. The molecule has 3 amide bonds. The fraction of sp³-hybridized carbons (Fsp3) is 0.423. The summed E-state index contributed by atoms with van der Waals surface area (Å²) in [6, 6.07) is 9.80. The molecule has 0 spiro atoms. The minimum atomic E-state index is -2.77. The van der Waals surface area contributed by atoms with Gasteiger partial charge in [-0.2, -0.15) is 0 Å². The number of alkyl halides is 2. The van der Waals surface area contributed by atoms with Crippen molar-refractivity contribution < 1.29 is 28.0 Å². The number of Topliss-reactive ketones (excluding diaryl/α,β-unsaturated/α-hetero) is 1. The predicted octanol–water partition coefficient (Wildman–Crippen LogP) is 2.98. The summed E-state index contributed by atoms with van der Waals surface area (Å²) in [4.78, 5) is 55.1. The highest BCUT2D eigenvalue weighted by molar-refractivity contribution is 6.38. The Morgan fingerprint density at radius 3 is 2.38 bits per heavy atom. The average molecular weight is 535 g/mol. The molecular weight excluding hydrogens is 506 g/mol. The van der Waals surface area contributed by atoms with Crippen molar-refractivity contribution in [2.45, 2.75) is 63.6 Å². The van der Waals surface area contributed by atoms with E-state index in [4.69, 9.17) is 11.6 Å². The van der Waals surface area contributed by atoms with Crippen LogP contribution >= 0.6 is 11.6 Å². The number of nitrogens with one attached hydrogen (secondary N) is 3. The molecule has 1 aromatic carbocycles. The third-order valence-corrected chi connectivity index (χ3v) is 6.57. The van der Waals surface area contributed by atoms with Gasteiger partial charge in [-0.25, -0.2) is 8.78 Å². The lowest BCUT2D eigenvalue weighted by atomic mass is 9.86. The van der Waals surface area contributed by atoms with E-state index in [2.05, 4.69) is 20.9 Å². The SMILES string of the molecule is C[C@@H](NC(=O)C1CCC(F)(F)CC1)C(=O)N[C@H](Cc1ccccc1)C(=O)C(=O)NCc1ncccc1Cl. The van der Waals surface area contributed by atoms with Crippen LogP contribution in [-0.4, -0.2) is 46.5 Å². The maximum atomic E-state index is 13.4. The molecule has 0 saturated heterocycles. The summed E-state index contributed by atoms with van der Waals surface area (Å²) in [7, 11) is 0. The molecule has 1 aromatic heterocycles. The topological polar surface area (TPSA) is 117 Å². The maximum Gasteiger partial charge on any atom is 0.289 e. The van der Waals surface area contributed by atoms with Crippen molar-refractivity contribution in [3.05, 3.63) is 64.9 Å². The van der Waals surface area contributed by atoms with Crippen molar-refractivity contribution in [3.63, 3.8) is 0 Å². The summed E-state index contributed by atoms with van der Waals surface area (Å²) in [6.07, 6.45) is 0.853. The third kappa shape index (κ3) is 8.31. The number of hydrogen-bond acceptors (Lipinski definition) is 5. The van der Waals surface area contributed by atoms with Crippen LogP contribution in [0.1, 0.15) is 43.9 Å². The molecule has 0 aliphatic heterocycles. The smallest absolute Gasteiger partial charge is 0.289 e. The van der Waals surface area contributed by atoms with Gasteiger partial charge in [0.25, 0.3) is 5.91 Å². The van der Waals surface area contributed by atoms with Crippen molar-refractivity contribution in [2.75, 3.05) is 0 Å². The number of rotatable bonds is 10. The first-order chi connectivity index (χ1) is 17.6. The summed E-state index contributed by atoms with van der Waals surface area (Å²) in [5, 5.41) is 7.89. The van der Waals surface area contributed by atoms with E-state index in [1.54, 1.807) is 42.5 Å². The normalized spacial score (nSPS) is 16.8. The molecule has 2 atom stereocenters. The Bertz CT molecular complexity index is 1120. The van der Waals surface area contributed by atoms with E-state index in [-0.39, 0.29) is 38.6 Å². The van der Waals surface area contributed by atoms with E-state index < -0.39 is 47.4 Å². The van der Waals surface area contributed by atoms with Crippen LogP contribution in [0.3, 0.4) is 0 Å². The quantitative estimate of drug-likeness (QED) is 0.405. The molecule has 1 aliphatic carbocycles. The molecular formula is C26H29ClF2N4O4. The zero-order chi connectivity index (χ0) is 27.0. The standard InChI is InChI=1S/C26H29ClF2N4O4/c1-16(32-24(36)18-9-11-26(28,29)12-10-18)23(35)33-20(14-17-6-3-2-4-7-17)22(34)25(37)31-15-21-19(27)8-5-13-30-21/h2-8,13,16,18,20H,9-12,14-15H2,1H3,(H,31,37)(H,32,36)(H,33,35)/t16-,20-/m1/s1. The van der Waals surface area contributed by atoms with Crippen LogP contribution < -0.4 is 16.0 Å². The van der Waals surface area contributed by atoms with E-state index in [9.17, 15) is 28.0 Å². The first-order valence-electron chi connectivity index (χ1n) is 12.0. The predicted molar refractivity (Wildman–Crippen MR) is 133 cm³/mol. The summed E-state index contributed by atoms with van der Waals surface area (Å²) in [5.41, 5.74) is 1.09. The molecule has 8 nitrogen and oxygen atoms in total. The lowest BCUT2D eigenvalue weighted by Gasteiger charge is -2.28. The lowest BCUT2D eigenvalue weighted by Crippen LogP contribution is -2.54. The molecule has 1 aliphatic rings. The molecule has 11 heteroatoms. The van der Waals surface area contributed by atoms with Gasteiger partial charge in [-0.3, -0.25) is 24.2 Å². The number of pyridine rings is 1. The second kappa shape index (κ2) is 12.7. The zero-order valence-corrected chi connectivity index (χ0v) is 21.1. The zero-order valence-electron chi connectivity index (χ0n) is 20.3. The van der Waals surface area contributed by atoms with Crippen LogP contribution in [0.5, 0.6) is 0 Å². The second-order valence-corrected chi connectivity index (χ2v) is 9.50. The molecule has 1 fully saturated rings. The van der Waals surface area contributed by atoms with E-state index in [0.717, 1.165) is 0 Å². The number of carbonyl (C=O) groups is 4. The Hall–Kier alpha value is -3.40. The number of amides is 3. The minimum Gasteiger partial charge on any atom is -0.344 e. The van der Waals surface area contributed by atoms with Crippen molar-refractivity contribution >= 4 is 35.1 Å². The van der Waals surface area contributed by atoms with Gasteiger partial charge in [-0.1, -0.05) is 41.9 Å². The molecule has 0 radical (unpaired) electrons. The lowest BCUT2D eigenvalue weighted by molar-refractivity contribution is -0.140. The van der Waals surface area contributed by atoms with Crippen LogP contribution in [0.25, 0.3) is 0 Å². The van der Waals surface area contributed by atoms with Crippen LogP contribution in [0.2, 0.25) is 5.02 Å². The molecule has 2 aromatic rings. The fourth-order valence-corrected chi connectivity index (χ4v) is 4.20. The molecule has 198 valence electrons. The highest BCUT2D eigenvalue weighted by Gasteiger charge is 2.38. The summed E-state index contributed by atoms with van der Waals surface area (Å²) < 4.78 is 26.8. The van der Waals surface area contributed by atoms with Crippen molar-refractivity contribution in [1.29, 1.82) is 0 Å². The summed E-state index contributed by atoms with van der Waals surface area (Å²) in [5.74, 6) is -6.35. The monoisotopic (exact) mass is 534 g/mol. The Balaban J connectivity index is 1.63. The maximum absolute atomic E-state index is 13.4. The van der Waals surface area contributed by atoms with Gasteiger partial charge in [0.05, 0.1) is 17.3 Å². The molecule has 3 rings (SSSR count). The van der Waals surface area contributed by atoms with Crippen LogP contribution in [0, 0.1) is 5.92 Å². The van der Waals surface area contributed by atoms with E-state index in [0.29, 0.717) is 16.3 Å². The van der Waals surface area contributed by atoms with Gasteiger partial charge in [-0.05, 0) is 37.5 Å². The average Bonchev–Trinajstić information content (AvgIpc) is 2.87. The molecule has 3 N–H and O–H groups in total. The van der Waals surface area contributed by atoms with Gasteiger partial charge in [0.15, 0.2) is 0 Å². The Kier molecular flexibility index (Phi) is 9.68. The first-order valence-corrected chi connectivity index (χ1v) is 12.4. The van der Waals surface area contributed by atoms with Crippen molar-refractivity contribution in [1.82, 2.24) is 20.9 Å². The van der Waals surface area contributed by atoms with Crippen molar-refractivity contribution in [2.24, 2.45) is 5.92 Å². The van der Waals surface area contributed by atoms with Gasteiger partial charge in [0.2, 0.25) is 23.5 Å². The van der Waals surface area contributed by atoms with Gasteiger partial charge in [0, 0.05) is 31.4 Å². The Morgan fingerprint density at radius 1 is 1.05 bits per heavy atom. The minimum absolute atomic E-state index is 0.0305. The number of ketones is 1. The van der Waals surface area contributed by atoms with E-state index in [1.165, 1.54) is 13.1 Å². The molecule has 37 heavy (non-hydrogen) atoms. The largest absolute Gasteiger partial charge is 0.344 e. The van der Waals surface area contributed by atoms with Crippen LogP contribution in [0.4, 0.5) is 8.78 Å². The van der Waals surface area contributed by atoms with E-state index in [1.807, 2.05) is 0 Å². The summed E-state index contributed by atoms with van der Waals surface area (Å²) >= 11 is 6.05. The first kappa shape index (κ1) is 28.2. The number of aromatic nitrogens is 1. The number of nitrogens with zero attached hydrogens (tertiary/aromatic N) is 1. The Labute approximate surface area is 218 Å². The van der Waals surface area contributed by atoms with Crippen LogP contribution in [0.15, 0.2) is 48.7 Å². The summed E-state index contributed by atoms with van der Waals surface area (Å²) in [6.45, 7) is 1.35. The van der Waals surface area contributed by atoms with Crippen molar-refractivity contribution in [3.8, 4) is 0 Å². The van der Waals surface area contributed by atoms with Gasteiger partial charge < -0.3 is 16.0 Å². The molecule has 1 saturated carbocycles. The highest BCUT2D eigenvalue weighted by atomic mass is 35.5. The third-order valence-electron chi connectivity index (χ3n) is 6.23. The molecule has 0 bridgehead atoms. The number of halogens is 3. The fourth-order valence-electron chi connectivity index (χ4n) is 4.01. The van der Waals surface area contributed by atoms with Gasteiger partial charge in [-0.15, -0.1) is 0 Å². The van der Waals surface area contributed by atoms with E-state index >= 15 is 0 Å². The number of benzene rings is 1. The molecule has 1 heterocycles. The number of carbonyl (C=O) groups excluding carboxylic acids is 4. The van der Waals surface area contributed by atoms with Gasteiger partial charge in [0.1, 0.15) is 12.1 Å². The highest BCUT2D eigenvalue weighted by Crippen LogP contribution is 2.36. The number of hydrogen-bond donors (Lipinski definition) is 3. The van der Waals surface area contributed by atoms with Crippen LogP contribution in [-0.2, 0) is 32.1 Å². The second-order valence-electron chi connectivity index (χ2n) is 9.09.